The van der Waals surface area contributed by atoms with Crippen LogP contribution in [0.4, 0.5) is 0 Å². The summed E-state index contributed by atoms with van der Waals surface area (Å²) in [5.41, 5.74) is 14.2. The van der Waals surface area contributed by atoms with E-state index in [2.05, 4.69) is 225 Å². The van der Waals surface area contributed by atoms with Gasteiger partial charge in [-0.2, -0.15) is 0 Å². The molecule has 4 aromatic heterocycles. The summed E-state index contributed by atoms with van der Waals surface area (Å²) < 4.78 is 9.69. The first kappa shape index (κ1) is 31.4. The van der Waals surface area contributed by atoms with Crippen molar-refractivity contribution in [2.75, 3.05) is 0 Å². The number of fused-ring (bicyclic) bond motifs is 12. The van der Waals surface area contributed by atoms with Crippen molar-refractivity contribution in [1.82, 2.24) is 18.3 Å². The molecule has 58 heavy (non-hydrogen) atoms. The topological polar surface area (TPSA) is 19.7 Å². The Balaban J connectivity index is 1.04. The molecule has 0 fully saturated rings. The van der Waals surface area contributed by atoms with Crippen LogP contribution in [-0.2, 0) is 0 Å². The predicted octanol–water partition coefficient (Wildman–Crippen LogP) is 14.1. The standard InChI is InChI=1S/C54H34N4/c1-2-14-35(15-3-1)55-50-24-12-7-19-42(50)45-32-36(27-30-52(45)55)56-51-25-13-8-20-43(51)46-33-37(28-31-53(46)56)58-49-23-11-6-18-41(49)44-29-26-38(34-54(44)58)57-47-21-9-4-16-39(47)40-17-5-10-22-48(40)57/h1-34H. The van der Waals surface area contributed by atoms with Crippen molar-refractivity contribution in [3.8, 4) is 22.7 Å². The molecule has 9 aromatic carbocycles. The molecule has 0 saturated carbocycles. The Morgan fingerprint density at radius 2 is 0.466 bits per heavy atom. The summed E-state index contributed by atoms with van der Waals surface area (Å²) in [6.45, 7) is 0. The molecule has 0 N–H and O–H groups in total. The molecule has 0 radical (unpaired) electrons. The summed E-state index contributed by atoms with van der Waals surface area (Å²) >= 11 is 0. The van der Waals surface area contributed by atoms with Crippen LogP contribution in [0.5, 0.6) is 0 Å². The predicted molar refractivity (Wildman–Crippen MR) is 244 cm³/mol. The molecule has 0 aliphatic heterocycles. The van der Waals surface area contributed by atoms with Gasteiger partial charge in [-0.1, -0.05) is 115 Å². The van der Waals surface area contributed by atoms with Gasteiger partial charge >= 0.3 is 0 Å². The van der Waals surface area contributed by atoms with E-state index in [9.17, 15) is 0 Å². The molecule has 270 valence electrons. The van der Waals surface area contributed by atoms with Crippen LogP contribution < -0.4 is 0 Å². The van der Waals surface area contributed by atoms with Crippen molar-refractivity contribution in [2.24, 2.45) is 0 Å². The van der Waals surface area contributed by atoms with E-state index in [0.717, 1.165) is 22.7 Å². The van der Waals surface area contributed by atoms with Crippen LogP contribution in [0.15, 0.2) is 206 Å². The number of rotatable bonds is 4. The smallest absolute Gasteiger partial charge is 0.0561 e. The third-order valence-electron chi connectivity index (χ3n) is 12.3. The minimum atomic E-state index is 1.14. The van der Waals surface area contributed by atoms with Crippen molar-refractivity contribution in [1.29, 1.82) is 0 Å². The summed E-state index contributed by atoms with van der Waals surface area (Å²) in [6.07, 6.45) is 0. The Morgan fingerprint density at radius 3 is 0.914 bits per heavy atom. The Labute approximate surface area is 333 Å². The second kappa shape index (κ2) is 11.8. The molecule has 0 spiro atoms. The van der Waals surface area contributed by atoms with Crippen LogP contribution in [0, 0.1) is 0 Å². The minimum Gasteiger partial charge on any atom is -0.309 e. The van der Waals surface area contributed by atoms with Crippen LogP contribution in [0.3, 0.4) is 0 Å². The van der Waals surface area contributed by atoms with E-state index in [0.29, 0.717) is 0 Å². The van der Waals surface area contributed by atoms with E-state index >= 15 is 0 Å². The number of nitrogens with zero attached hydrogens (tertiary/aromatic N) is 4. The molecule has 0 bridgehead atoms. The van der Waals surface area contributed by atoms with E-state index < -0.39 is 0 Å². The Hall–Kier alpha value is -7.82. The first-order valence-corrected chi connectivity index (χ1v) is 19.9. The lowest BCUT2D eigenvalue weighted by molar-refractivity contribution is 1.15. The molecule has 0 unspecified atom stereocenters. The van der Waals surface area contributed by atoms with E-state index in [-0.39, 0.29) is 0 Å². The molecule has 0 atom stereocenters. The maximum Gasteiger partial charge on any atom is 0.0561 e. The molecule has 0 amide bonds. The second-order valence-electron chi connectivity index (χ2n) is 15.4. The average Bonchev–Trinajstić information content (AvgIpc) is 4.01. The fraction of sp³-hybridized carbons (Fsp3) is 0. The molecular weight excluding hydrogens is 705 g/mol. The molecule has 4 heterocycles. The van der Waals surface area contributed by atoms with Crippen molar-refractivity contribution in [2.45, 2.75) is 0 Å². The van der Waals surface area contributed by atoms with Crippen LogP contribution in [0.2, 0.25) is 0 Å². The molecule has 0 aliphatic rings. The van der Waals surface area contributed by atoms with Crippen LogP contribution >= 0.6 is 0 Å². The van der Waals surface area contributed by atoms with Crippen LogP contribution in [0.25, 0.3) is 110 Å². The number of benzene rings is 9. The summed E-state index contributed by atoms with van der Waals surface area (Å²) in [6, 6.07) is 75.5. The number of hydrogen-bond acceptors (Lipinski definition) is 0. The molecule has 0 saturated heterocycles. The van der Waals surface area contributed by atoms with Gasteiger partial charge in [0.05, 0.1) is 44.1 Å². The lowest BCUT2D eigenvalue weighted by Gasteiger charge is -2.12. The van der Waals surface area contributed by atoms with Crippen molar-refractivity contribution < 1.29 is 0 Å². The van der Waals surface area contributed by atoms with Gasteiger partial charge in [0.1, 0.15) is 0 Å². The first-order chi connectivity index (χ1) is 28.8. The highest BCUT2D eigenvalue weighted by atomic mass is 15.0. The lowest BCUT2D eigenvalue weighted by atomic mass is 10.1. The van der Waals surface area contributed by atoms with Gasteiger partial charge in [-0.15, -0.1) is 0 Å². The van der Waals surface area contributed by atoms with Gasteiger partial charge in [0.15, 0.2) is 0 Å². The van der Waals surface area contributed by atoms with Crippen molar-refractivity contribution >= 4 is 87.2 Å². The number of para-hydroxylation sites is 6. The first-order valence-electron chi connectivity index (χ1n) is 19.9. The Morgan fingerprint density at radius 1 is 0.172 bits per heavy atom. The van der Waals surface area contributed by atoms with Gasteiger partial charge in [-0.3, -0.25) is 0 Å². The van der Waals surface area contributed by atoms with E-state index in [1.807, 2.05) is 0 Å². The largest absolute Gasteiger partial charge is 0.309 e. The summed E-state index contributed by atoms with van der Waals surface area (Å²) in [7, 11) is 0. The van der Waals surface area contributed by atoms with E-state index in [1.165, 1.54) is 87.2 Å². The average molecular weight is 739 g/mol. The number of hydrogen-bond donors (Lipinski definition) is 0. The zero-order valence-electron chi connectivity index (χ0n) is 31.4. The fourth-order valence-electron chi connectivity index (χ4n) is 9.91. The molecule has 4 heteroatoms. The van der Waals surface area contributed by atoms with Gasteiger partial charge in [0.25, 0.3) is 0 Å². The second-order valence-corrected chi connectivity index (χ2v) is 15.4. The SMILES string of the molecule is c1ccc(-n2c3ccccc3c3cc(-n4c5ccccc5c5cc(-n6c7ccccc7c7ccc(-n8c9ccccc9c9ccccc98)cc76)ccc54)ccc32)cc1. The Bertz CT molecular complexity index is 3740. The maximum absolute atomic E-state index is 2.46. The summed E-state index contributed by atoms with van der Waals surface area (Å²) in [5.74, 6) is 0. The normalized spacial score (nSPS) is 12.1. The van der Waals surface area contributed by atoms with E-state index in [1.54, 1.807) is 0 Å². The highest BCUT2D eigenvalue weighted by molar-refractivity contribution is 6.15. The van der Waals surface area contributed by atoms with Gasteiger partial charge in [0, 0.05) is 65.8 Å². The monoisotopic (exact) mass is 738 g/mol. The maximum atomic E-state index is 2.46. The highest BCUT2D eigenvalue weighted by Crippen LogP contribution is 2.40. The van der Waals surface area contributed by atoms with Crippen molar-refractivity contribution in [3.63, 3.8) is 0 Å². The fourth-order valence-corrected chi connectivity index (χ4v) is 9.91. The van der Waals surface area contributed by atoms with Gasteiger partial charge in [-0.25, -0.2) is 0 Å². The van der Waals surface area contributed by atoms with Crippen molar-refractivity contribution in [3.05, 3.63) is 206 Å². The zero-order chi connectivity index (χ0) is 37.9. The van der Waals surface area contributed by atoms with Gasteiger partial charge in [-0.05, 0) is 91.0 Å². The van der Waals surface area contributed by atoms with Crippen LogP contribution in [0.1, 0.15) is 0 Å². The molecule has 0 aliphatic carbocycles. The molecule has 13 aromatic rings. The third kappa shape index (κ3) is 4.29. The zero-order valence-corrected chi connectivity index (χ0v) is 31.4. The van der Waals surface area contributed by atoms with Gasteiger partial charge in [0.2, 0.25) is 0 Å². The summed E-state index contributed by atoms with van der Waals surface area (Å²) in [4.78, 5) is 0. The quantitative estimate of drug-likeness (QED) is 0.171. The highest BCUT2D eigenvalue weighted by Gasteiger charge is 2.20. The molecular formula is C54H34N4. The summed E-state index contributed by atoms with van der Waals surface area (Å²) in [5, 5.41) is 9.97. The van der Waals surface area contributed by atoms with Gasteiger partial charge < -0.3 is 18.3 Å². The third-order valence-corrected chi connectivity index (χ3v) is 12.3. The number of aromatic nitrogens is 4. The molecule has 4 nitrogen and oxygen atoms in total. The Kier molecular flexibility index (Phi) is 6.41. The lowest BCUT2D eigenvalue weighted by Crippen LogP contribution is -1.98. The minimum absolute atomic E-state index is 1.14. The molecule has 13 rings (SSSR count). The van der Waals surface area contributed by atoms with Crippen LogP contribution in [-0.4, -0.2) is 18.3 Å². The van der Waals surface area contributed by atoms with E-state index in [4.69, 9.17) is 0 Å².